The standard InChI is InChI=1S/C25H30N4O2S/c1-17-6-8-18(9-7-17)16-29-24(31)22-21(12-15-32-22)27-25(29)28-13-10-19(11-14-28)23(30)26-20-4-2-3-5-20/h6-9,12,15,19-20H,2-5,10-11,13-14,16H2,1H3,(H,26,30). The summed E-state index contributed by atoms with van der Waals surface area (Å²) in [6.07, 6.45) is 6.25. The number of hydrogen-bond donors (Lipinski definition) is 1. The van der Waals surface area contributed by atoms with E-state index >= 15 is 0 Å². The van der Waals surface area contributed by atoms with E-state index in [1.165, 1.54) is 29.7 Å². The summed E-state index contributed by atoms with van der Waals surface area (Å²) in [4.78, 5) is 33.1. The molecule has 1 amide bonds. The fourth-order valence-electron chi connectivity index (χ4n) is 4.92. The van der Waals surface area contributed by atoms with Crippen molar-refractivity contribution < 1.29 is 4.79 Å². The highest BCUT2D eigenvalue weighted by Crippen LogP contribution is 2.26. The first-order valence-electron chi connectivity index (χ1n) is 11.7. The molecule has 5 rings (SSSR count). The molecule has 1 aromatic carbocycles. The normalized spacial score (nSPS) is 17.8. The van der Waals surface area contributed by atoms with Crippen LogP contribution in [-0.4, -0.2) is 34.6 Å². The lowest BCUT2D eigenvalue weighted by atomic mass is 9.95. The van der Waals surface area contributed by atoms with E-state index in [1.807, 2.05) is 16.0 Å². The lowest BCUT2D eigenvalue weighted by Gasteiger charge is -2.33. The van der Waals surface area contributed by atoms with Gasteiger partial charge < -0.3 is 10.2 Å². The Kier molecular flexibility index (Phi) is 6.00. The van der Waals surface area contributed by atoms with Gasteiger partial charge >= 0.3 is 0 Å². The van der Waals surface area contributed by atoms with Crippen LogP contribution in [0.3, 0.4) is 0 Å². The van der Waals surface area contributed by atoms with Crippen molar-refractivity contribution in [3.8, 4) is 0 Å². The van der Waals surface area contributed by atoms with Crippen molar-refractivity contribution in [1.82, 2.24) is 14.9 Å². The average Bonchev–Trinajstić information content (AvgIpc) is 3.49. The Balaban J connectivity index is 1.37. The van der Waals surface area contributed by atoms with Crippen molar-refractivity contribution in [2.75, 3.05) is 18.0 Å². The molecule has 1 N–H and O–H groups in total. The first-order chi connectivity index (χ1) is 15.6. The summed E-state index contributed by atoms with van der Waals surface area (Å²) in [5.41, 5.74) is 3.06. The van der Waals surface area contributed by atoms with Gasteiger partial charge in [0.2, 0.25) is 11.9 Å². The number of nitrogens with zero attached hydrogens (tertiary/aromatic N) is 3. The number of fused-ring (bicyclic) bond motifs is 1. The van der Waals surface area contributed by atoms with Crippen molar-refractivity contribution in [2.45, 2.75) is 58.0 Å². The van der Waals surface area contributed by atoms with Crippen LogP contribution < -0.4 is 15.8 Å². The number of aromatic nitrogens is 2. The predicted octanol–water partition coefficient (Wildman–Crippen LogP) is 4.09. The van der Waals surface area contributed by atoms with Crippen molar-refractivity contribution in [3.05, 3.63) is 57.2 Å². The number of aryl methyl sites for hydroxylation is 1. The maximum absolute atomic E-state index is 13.3. The Morgan fingerprint density at radius 2 is 1.81 bits per heavy atom. The summed E-state index contributed by atoms with van der Waals surface area (Å²) in [6, 6.07) is 10.6. The molecule has 2 aromatic heterocycles. The summed E-state index contributed by atoms with van der Waals surface area (Å²) < 4.78 is 2.51. The molecule has 1 saturated heterocycles. The lowest BCUT2D eigenvalue weighted by molar-refractivity contribution is -0.126. The number of thiophene rings is 1. The highest BCUT2D eigenvalue weighted by molar-refractivity contribution is 7.17. The van der Waals surface area contributed by atoms with Crippen LogP contribution in [0.15, 0.2) is 40.5 Å². The molecule has 7 heteroatoms. The van der Waals surface area contributed by atoms with Crippen molar-refractivity contribution in [3.63, 3.8) is 0 Å². The van der Waals surface area contributed by atoms with Crippen LogP contribution in [0.2, 0.25) is 0 Å². The molecule has 32 heavy (non-hydrogen) atoms. The average molecular weight is 451 g/mol. The molecule has 0 radical (unpaired) electrons. The van der Waals surface area contributed by atoms with E-state index in [0.29, 0.717) is 17.3 Å². The van der Waals surface area contributed by atoms with Crippen LogP contribution in [0.4, 0.5) is 5.95 Å². The molecule has 6 nitrogen and oxygen atoms in total. The Morgan fingerprint density at radius 1 is 1.09 bits per heavy atom. The van der Waals surface area contributed by atoms with E-state index in [4.69, 9.17) is 4.98 Å². The van der Waals surface area contributed by atoms with E-state index in [1.54, 1.807) is 0 Å². The van der Waals surface area contributed by atoms with Gasteiger partial charge in [0, 0.05) is 25.0 Å². The Morgan fingerprint density at radius 3 is 2.53 bits per heavy atom. The molecular formula is C25H30N4O2S. The molecule has 3 aromatic rings. The van der Waals surface area contributed by atoms with Gasteiger partial charge in [-0.25, -0.2) is 4.98 Å². The fraction of sp³-hybridized carbons (Fsp3) is 0.480. The molecule has 2 aliphatic rings. The third-order valence-corrected chi connectivity index (χ3v) is 7.75. The fourth-order valence-corrected chi connectivity index (χ4v) is 5.70. The molecule has 0 atom stereocenters. The van der Waals surface area contributed by atoms with Crippen LogP contribution in [0.25, 0.3) is 10.2 Å². The SMILES string of the molecule is Cc1ccc(Cn2c(N3CCC(C(=O)NC4CCCC4)CC3)nc3ccsc3c2=O)cc1. The minimum absolute atomic E-state index is 0.0154. The second-order valence-electron chi connectivity index (χ2n) is 9.17. The maximum atomic E-state index is 13.3. The highest BCUT2D eigenvalue weighted by atomic mass is 32.1. The molecule has 2 fully saturated rings. The molecule has 1 aliphatic carbocycles. The second kappa shape index (κ2) is 9.06. The molecule has 0 spiro atoms. The van der Waals surface area contributed by atoms with Crippen LogP contribution in [-0.2, 0) is 11.3 Å². The molecule has 1 saturated carbocycles. The number of carbonyl (C=O) groups excluding carboxylic acids is 1. The van der Waals surface area contributed by atoms with Gasteiger partial charge in [0.1, 0.15) is 4.70 Å². The van der Waals surface area contributed by atoms with Crippen molar-refractivity contribution >= 4 is 33.4 Å². The molecular weight excluding hydrogens is 420 g/mol. The van der Waals surface area contributed by atoms with Crippen molar-refractivity contribution in [2.24, 2.45) is 5.92 Å². The Hall–Kier alpha value is -2.67. The third kappa shape index (κ3) is 4.31. The summed E-state index contributed by atoms with van der Waals surface area (Å²) in [5, 5.41) is 5.18. The molecule has 1 aliphatic heterocycles. The van der Waals surface area contributed by atoms with E-state index in [0.717, 1.165) is 55.8 Å². The van der Waals surface area contributed by atoms with E-state index < -0.39 is 0 Å². The van der Waals surface area contributed by atoms with Gasteiger partial charge in [0.05, 0.1) is 12.1 Å². The first-order valence-corrected chi connectivity index (χ1v) is 12.6. The van der Waals surface area contributed by atoms with E-state index in [-0.39, 0.29) is 17.4 Å². The molecule has 3 heterocycles. The van der Waals surface area contributed by atoms with Gasteiger partial charge in [-0.05, 0) is 49.6 Å². The zero-order valence-electron chi connectivity index (χ0n) is 18.5. The zero-order valence-corrected chi connectivity index (χ0v) is 19.4. The zero-order chi connectivity index (χ0) is 22.1. The highest BCUT2D eigenvalue weighted by Gasteiger charge is 2.29. The minimum Gasteiger partial charge on any atom is -0.353 e. The predicted molar refractivity (Wildman–Crippen MR) is 129 cm³/mol. The maximum Gasteiger partial charge on any atom is 0.273 e. The summed E-state index contributed by atoms with van der Waals surface area (Å²) in [5.74, 6) is 0.972. The van der Waals surface area contributed by atoms with Crippen LogP contribution in [0.1, 0.15) is 49.7 Å². The summed E-state index contributed by atoms with van der Waals surface area (Å²) in [6.45, 7) is 4.03. The van der Waals surface area contributed by atoms with E-state index in [2.05, 4.69) is 41.4 Å². The number of carbonyl (C=O) groups is 1. The molecule has 0 bridgehead atoms. The van der Waals surface area contributed by atoms with Gasteiger partial charge in [-0.1, -0.05) is 42.7 Å². The van der Waals surface area contributed by atoms with Crippen molar-refractivity contribution in [1.29, 1.82) is 0 Å². The third-order valence-electron chi connectivity index (χ3n) is 6.86. The number of benzene rings is 1. The number of amides is 1. The molecule has 168 valence electrons. The van der Waals surface area contributed by atoms with Gasteiger partial charge in [-0.15, -0.1) is 11.3 Å². The number of piperidine rings is 1. The lowest BCUT2D eigenvalue weighted by Crippen LogP contribution is -2.44. The Bertz CT molecular complexity index is 1150. The summed E-state index contributed by atoms with van der Waals surface area (Å²) in [7, 11) is 0. The minimum atomic E-state index is 0.0154. The number of nitrogens with one attached hydrogen (secondary N) is 1. The van der Waals surface area contributed by atoms with E-state index in [9.17, 15) is 9.59 Å². The molecule has 0 unspecified atom stereocenters. The van der Waals surface area contributed by atoms with Crippen LogP contribution in [0, 0.1) is 12.8 Å². The van der Waals surface area contributed by atoms with Gasteiger partial charge in [-0.2, -0.15) is 0 Å². The largest absolute Gasteiger partial charge is 0.353 e. The van der Waals surface area contributed by atoms with Gasteiger partial charge in [-0.3, -0.25) is 14.2 Å². The van der Waals surface area contributed by atoms with Crippen LogP contribution >= 0.6 is 11.3 Å². The van der Waals surface area contributed by atoms with Gasteiger partial charge in [0.15, 0.2) is 0 Å². The second-order valence-corrected chi connectivity index (χ2v) is 10.1. The van der Waals surface area contributed by atoms with Crippen LogP contribution in [0.5, 0.6) is 0 Å². The quantitative estimate of drug-likeness (QED) is 0.636. The number of anilines is 1. The Labute approximate surface area is 192 Å². The number of rotatable bonds is 5. The number of hydrogen-bond acceptors (Lipinski definition) is 5. The summed E-state index contributed by atoms with van der Waals surface area (Å²) >= 11 is 1.45. The van der Waals surface area contributed by atoms with Gasteiger partial charge in [0.25, 0.3) is 5.56 Å². The topological polar surface area (TPSA) is 67.2 Å². The first kappa shape index (κ1) is 21.2. The monoisotopic (exact) mass is 450 g/mol. The smallest absolute Gasteiger partial charge is 0.273 e.